The minimum Gasteiger partial charge on any atom is -0.438 e. The second-order valence-electron chi connectivity index (χ2n) is 24.8. The monoisotopic (exact) mass is 1150 g/mol. The van der Waals surface area contributed by atoms with Crippen LogP contribution in [-0.2, 0) is 17.9 Å². The summed E-state index contributed by atoms with van der Waals surface area (Å²) in [6.45, 7) is 14.0. The molecule has 0 fully saturated rings. The normalized spacial score (nSPS) is 15.3. The third kappa shape index (κ3) is 11.6. The largest absolute Gasteiger partial charge is 0.438 e. The van der Waals surface area contributed by atoms with Gasteiger partial charge < -0.3 is 19.0 Å². The van der Waals surface area contributed by atoms with Crippen LogP contribution in [0, 0.1) is 0 Å². The number of hydrogen-bond acceptors (Lipinski definition) is 4. The smallest absolute Gasteiger partial charge is 0.379 e. The predicted molar refractivity (Wildman–Crippen MR) is 376 cm³/mol. The van der Waals surface area contributed by atoms with Gasteiger partial charge in [-0.05, 0) is 49.8 Å². The molecule has 6 nitrogen and oxygen atoms in total. The number of para-hydroxylation sites is 6. The van der Waals surface area contributed by atoms with E-state index in [1.165, 1.54) is 66.7 Å². The molecule has 0 amide bonds. The molecule has 0 atom stereocenters. The summed E-state index contributed by atoms with van der Waals surface area (Å²) in [5, 5.41) is 0. The van der Waals surface area contributed by atoms with Crippen LogP contribution < -0.4 is 51.9 Å². The molecule has 0 radical (unpaired) electrons. The Kier molecular flexibility index (Phi) is 17.4. The van der Waals surface area contributed by atoms with Crippen LogP contribution in [0.25, 0.3) is 17.2 Å². The molecule has 88 heavy (non-hydrogen) atoms. The average molecular weight is 1150 g/mol. The quantitative estimate of drug-likeness (QED) is 0.107. The van der Waals surface area contributed by atoms with E-state index < -0.39 is 12.3 Å². The second kappa shape index (κ2) is 25.6. The highest BCUT2D eigenvalue weighted by atomic mass is 16.5. The van der Waals surface area contributed by atoms with Gasteiger partial charge in [0.05, 0.1) is 23.4 Å². The molecule has 10 aromatic carbocycles. The number of oxazole rings is 1. The number of fused-ring (bicyclic) bond motifs is 4. The molecule has 4 heterocycles. The number of likely N-dealkylation sites (N-methyl/N-ethyl adjacent to an activating group) is 1. The van der Waals surface area contributed by atoms with Crippen LogP contribution >= 0.6 is 0 Å². The lowest BCUT2D eigenvalue weighted by atomic mass is 9.17. The fraction of sp³-hybridized carbons (Fsp3) is 0.150. The molecule has 0 N–H and O–H groups in total. The summed E-state index contributed by atoms with van der Waals surface area (Å²) in [4.78, 5) is 4.34. The van der Waals surface area contributed by atoms with Gasteiger partial charge in [-0.2, -0.15) is 22.8 Å². The van der Waals surface area contributed by atoms with Crippen molar-refractivity contribution in [3.8, 4) is 5.75 Å². The van der Waals surface area contributed by atoms with Gasteiger partial charge in [0.2, 0.25) is 17.2 Å². The highest BCUT2D eigenvalue weighted by Crippen LogP contribution is 2.47. The van der Waals surface area contributed by atoms with Crippen LogP contribution in [0.1, 0.15) is 44.7 Å². The van der Waals surface area contributed by atoms with Crippen molar-refractivity contribution in [3.05, 3.63) is 326 Å². The molecule has 3 aliphatic rings. The van der Waals surface area contributed by atoms with E-state index in [4.69, 9.17) is 9.15 Å². The van der Waals surface area contributed by atoms with Crippen LogP contribution in [0.15, 0.2) is 313 Å². The Morgan fingerprint density at radius 1 is 0.420 bits per heavy atom. The Morgan fingerprint density at radius 2 is 0.818 bits per heavy atom. The standard InChI is InChI=1S/C25H29N2.2C19H18B.C17H15N2O2/c1-24(2)18-12-7-9-14-20(18)26(5)22(24)16-11-17-23-25(3,4)19-13-8-10-15-21(19)27(23)6;2*1-20(17-11-5-2-6-12-17,18-13-7-3-8-14-18)19-15-9-4-10-16-19;1-18-12-7-3-5-9-14(12)20-16(18)11-17-19(2)13-8-4-6-10-15(13)21-17/h7-17H,1-6H3;2*2-16H,1H3;3-11H,1-2H3/q+1;2*-1;+1. The Balaban J connectivity index is 0.000000122. The van der Waals surface area contributed by atoms with E-state index in [9.17, 15) is 0 Å². The van der Waals surface area contributed by atoms with Gasteiger partial charge in [0, 0.05) is 54.7 Å². The van der Waals surface area contributed by atoms with E-state index in [0.29, 0.717) is 0 Å². The third-order valence-corrected chi connectivity index (χ3v) is 19.0. The number of aromatic nitrogens is 1. The minimum absolute atomic E-state index is 0.0143. The predicted octanol–water partition coefficient (Wildman–Crippen LogP) is 14.2. The van der Waals surface area contributed by atoms with Crippen molar-refractivity contribution < 1.29 is 18.3 Å². The third-order valence-electron chi connectivity index (χ3n) is 19.0. The lowest BCUT2D eigenvalue weighted by Gasteiger charge is -2.39. The number of anilines is 2. The maximum Gasteiger partial charge on any atom is 0.379 e. The summed E-state index contributed by atoms with van der Waals surface area (Å²) < 4.78 is 16.1. The van der Waals surface area contributed by atoms with Gasteiger partial charge in [-0.25, -0.2) is 32.8 Å². The molecular formula is C80H80B2N4O2. The summed E-state index contributed by atoms with van der Waals surface area (Å²) in [5.74, 6) is 2.38. The highest BCUT2D eigenvalue weighted by Gasteiger charge is 2.43. The van der Waals surface area contributed by atoms with Gasteiger partial charge in [-0.3, -0.25) is 0 Å². The number of allylic oxidation sites excluding steroid dienone is 4. The molecule has 0 aliphatic carbocycles. The van der Waals surface area contributed by atoms with Crippen molar-refractivity contribution in [2.75, 3.05) is 30.9 Å². The molecule has 438 valence electrons. The number of nitrogens with zero attached hydrogens (tertiary/aromatic N) is 4. The molecule has 1 aromatic heterocycles. The van der Waals surface area contributed by atoms with Crippen LogP contribution in [-0.4, -0.2) is 43.7 Å². The summed E-state index contributed by atoms with van der Waals surface area (Å²) in [6.07, 6.45) is 6.87. The summed E-state index contributed by atoms with van der Waals surface area (Å²) in [6, 6.07) is 98.2. The molecular weight excluding hydrogens is 1070 g/mol. The van der Waals surface area contributed by atoms with E-state index in [2.05, 4.69) is 314 Å². The lowest BCUT2D eigenvalue weighted by molar-refractivity contribution is -0.652. The maximum atomic E-state index is 5.89. The van der Waals surface area contributed by atoms with E-state index >= 15 is 0 Å². The van der Waals surface area contributed by atoms with E-state index in [0.717, 1.165) is 34.3 Å². The van der Waals surface area contributed by atoms with Gasteiger partial charge in [0.15, 0.2) is 11.5 Å². The Bertz CT molecular complexity index is 3990. The SMILES string of the molecule is CN1/C(=C/C=C/C2=[N+](C)c3ccccc3C2(C)C)C(C)(C)c2ccccc21.CN1/C(=C/c2oc3ccccc3[n+]2C)Oc2ccccc21.C[B-](c1ccccc1)(c1ccccc1)c1ccccc1.C[B-](c1ccccc1)(c1ccccc1)c1ccccc1. The van der Waals surface area contributed by atoms with E-state index in [1.807, 2.05) is 78.2 Å². The zero-order valence-corrected chi connectivity index (χ0v) is 52.6. The number of aryl methyl sites for hydroxylation is 1. The highest BCUT2D eigenvalue weighted by molar-refractivity contribution is 7.11. The number of benzene rings is 10. The first kappa shape index (κ1) is 59.8. The Labute approximate surface area is 522 Å². The molecule has 14 rings (SSSR count). The Morgan fingerprint density at radius 3 is 1.26 bits per heavy atom. The molecule has 0 unspecified atom stereocenters. The van der Waals surface area contributed by atoms with Crippen molar-refractivity contribution in [3.63, 3.8) is 0 Å². The summed E-state index contributed by atoms with van der Waals surface area (Å²) in [7, 11) is 8.31. The molecule has 8 heteroatoms. The van der Waals surface area contributed by atoms with Crippen molar-refractivity contribution in [2.24, 2.45) is 7.05 Å². The van der Waals surface area contributed by atoms with Crippen molar-refractivity contribution in [1.29, 1.82) is 0 Å². The number of rotatable bonds is 9. The first-order valence-corrected chi connectivity index (χ1v) is 30.9. The number of hydrogen-bond donors (Lipinski definition) is 0. The molecule has 0 saturated heterocycles. The molecule has 11 aromatic rings. The van der Waals surface area contributed by atoms with Gasteiger partial charge in [0.25, 0.3) is 5.52 Å². The number of ether oxygens (including phenoxy) is 1. The topological polar surface area (TPSA) is 35.7 Å². The van der Waals surface area contributed by atoms with Gasteiger partial charge >= 0.3 is 5.89 Å². The lowest BCUT2D eigenvalue weighted by Crippen LogP contribution is -2.64. The molecule has 0 spiro atoms. The van der Waals surface area contributed by atoms with Gasteiger partial charge in [-0.15, -0.1) is 0 Å². The minimum atomic E-state index is -0.912. The van der Waals surface area contributed by atoms with Gasteiger partial charge in [-0.1, -0.05) is 263 Å². The maximum absolute atomic E-state index is 5.89. The molecule has 0 bridgehead atoms. The van der Waals surface area contributed by atoms with E-state index in [-0.39, 0.29) is 10.8 Å². The summed E-state index contributed by atoms with van der Waals surface area (Å²) in [5.41, 5.74) is 19.3. The zero-order valence-electron chi connectivity index (χ0n) is 52.6. The van der Waals surface area contributed by atoms with Crippen LogP contribution in [0.2, 0.25) is 13.6 Å². The fourth-order valence-electron chi connectivity index (χ4n) is 13.6. The van der Waals surface area contributed by atoms with Crippen LogP contribution in [0.4, 0.5) is 17.1 Å². The van der Waals surface area contributed by atoms with Crippen molar-refractivity contribution >= 4 is 85.0 Å². The molecule has 3 aliphatic heterocycles. The average Bonchev–Trinajstić information content (AvgIpc) is 1.59. The first-order chi connectivity index (χ1) is 42.6. The second-order valence-corrected chi connectivity index (χ2v) is 24.8. The zero-order chi connectivity index (χ0) is 61.5. The fourth-order valence-corrected chi connectivity index (χ4v) is 13.6. The summed E-state index contributed by atoms with van der Waals surface area (Å²) >= 11 is 0. The van der Waals surface area contributed by atoms with Crippen molar-refractivity contribution in [2.45, 2.75) is 52.2 Å². The van der Waals surface area contributed by atoms with Crippen LogP contribution in [0.5, 0.6) is 5.75 Å². The van der Waals surface area contributed by atoms with Gasteiger partial charge in [0.1, 0.15) is 20.2 Å². The first-order valence-electron chi connectivity index (χ1n) is 30.9. The van der Waals surface area contributed by atoms with Crippen LogP contribution in [0.3, 0.4) is 0 Å². The Hall–Kier alpha value is -9.91. The van der Waals surface area contributed by atoms with E-state index in [1.54, 1.807) is 0 Å². The molecule has 0 saturated carbocycles. The van der Waals surface area contributed by atoms with Crippen molar-refractivity contribution in [1.82, 2.24) is 0 Å².